The van der Waals surface area contributed by atoms with Crippen LogP contribution in [0.1, 0.15) is 31.7 Å². The fraction of sp³-hybridized carbons (Fsp3) is 0.333. The van der Waals surface area contributed by atoms with Gasteiger partial charge in [0.25, 0.3) is 5.56 Å². The summed E-state index contributed by atoms with van der Waals surface area (Å²) in [7, 11) is 0. The number of benzene rings is 1. The van der Waals surface area contributed by atoms with Crippen molar-refractivity contribution in [1.29, 1.82) is 0 Å². The molecule has 0 amide bonds. The predicted molar refractivity (Wildman–Crippen MR) is 75.9 cm³/mol. The van der Waals surface area contributed by atoms with Gasteiger partial charge in [-0.2, -0.15) is 0 Å². The summed E-state index contributed by atoms with van der Waals surface area (Å²) >= 11 is 0. The van der Waals surface area contributed by atoms with Crippen LogP contribution >= 0.6 is 0 Å². The van der Waals surface area contributed by atoms with Gasteiger partial charge in [-0.3, -0.25) is 14.3 Å². The van der Waals surface area contributed by atoms with Gasteiger partial charge in [-0.1, -0.05) is 31.0 Å². The van der Waals surface area contributed by atoms with Crippen molar-refractivity contribution in [3.63, 3.8) is 0 Å². The Morgan fingerprint density at radius 2 is 1.86 bits per heavy atom. The molecule has 0 bridgehead atoms. The van der Waals surface area contributed by atoms with Gasteiger partial charge in [0, 0.05) is 11.6 Å². The Morgan fingerprint density at radius 3 is 2.52 bits per heavy atom. The Balaban J connectivity index is 2.27. The molecule has 2 aromatic rings. The Morgan fingerprint density at radius 1 is 1.19 bits per heavy atom. The van der Waals surface area contributed by atoms with Crippen LogP contribution in [-0.4, -0.2) is 14.7 Å². The molecule has 0 saturated heterocycles. The molecule has 0 unspecified atom stereocenters. The Kier molecular flexibility index (Phi) is 3.37. The largest absolute Gasteiger partial charge is 0.494 e. The summed E-state index contributed by atoms with van der Waals surface area (Å²) in [5.74, 6) is -1.07. The summed E-state index contributed by atoms with van der Waals surface area (Å²) in [6.07, 6.45) is 3.45. The predicted octanol–water partition coefficient (Wildman–Crippen LogP) is 2.16. The summed E-state index contributed by atoms with van der Waals surface area (Å²) in [6, 6.07) is 5.53. The molecule has 5 nitrogen and oxygen atoms in total. The highest BCUT2D eigenvalue weighted by atomic mass is 19.1. The number of H-pyrrole nitrogens is 1. The van der Waals surface area contributed by atoms with Crippen LogP contribution in [0.5, 0.6) is 5.88 Å². The van der Waals surface area contributed by atoms with Gasteiger partial charge in [0.05, 0.1) is 0 Å². The average molecular weight is 290 g/mol. The molecule has 3 rings (SSSR count). The lowest BCUT2D eigenvalue weighted by Crippen LogP contribution is -2.32. The van der Waals surface area contributed by atoms with Crippen molar-refractivity contribution in [3.8, 4) is 17.0 Å². The van der Waals surface area contributed by atoms with Gasteiger partial charge in [0.2, 0.25) is 5.88 Å². The molecule has 1 fully saturated rings. The molecule has 6 heteroatoms. The van der Waals surface area contributed by atoms with Crippen molar-refractivity contribution in [2.45, 2.75) is 31.7 Å². The molecular weight excluding hydrogens is 275 g/mol. The molecule has 2 N–H and O–H groups in total. The highest BCUT2D eigenvalue weighted by Gasteiger charge is 2.25. The van der Waals surface area contributed by atoms with E-state index >= 15 is 0 Å². The van der Waals surface area contributed by atoms with Gasteiger partial charge < -0.3 is 5.11 Å². The lowest BCUT2D eigenvalue weighted by molar-refractivity contribution is 0.365. The number of hydrogen-bond acceptors (Lipinski definition) is 3. The number of hydrogen-bond donors (Lipinski definition) is 2. The SMILES string of the molecule is O=c1[nH]c(=O)n(C2CCCC2)c(O)c1-c1ccccc1F. The second-order valence-electron chi connectivity index (χ2n) is 5.25. The molecule has 1 aliphatic carbocycles. The van der Waals surface area contributed by atoms with E-state index in [2.05, 4.69) is 4.98 Å². The van der Waals surface area contributed by atoms with Gasteiger partial charge in [0.1, 0.15) is 11.4 Å². The van der Waals surface area contributed by atoms with E-state index in [9.17, 15) is 19.1 Å². The summed E-state index contributed by atoms with van der Waals surface area (Å²) in [4.78, 5) is 26.1. The first-order valence-electron chi connectivity index (χ1n) is 6.92. The molecule has 1 heterocycles. The lowest BCUT2D eigenvalue weighted by atomic mass is 10.1. The maximum Gasteiger partial charge on any atom is 0.331 e. The number of aromatic nitrogens is 2. The van der Waals surface area contributed by atoms with Crippen molar-refractivity contribution in [2.75, 3.05) is 0 Å². The standard InChI is InChI=1S/C15H15FN2O3/c16-11-8-4-3-7-10(11)12-13(19)17-15(21)18(14(12)20)9-5-1-2-6-9/h3-4,7-9,20H,1-2,5-6H2,(H,17,19,21). The van der Waals surface area contributed by atoms with E-state index in [1.54, 1.807) is 6.07 Å². The minimum absolute atomic E-state index is 0.0111. The van der Waals surface area contributed by atoms with Gasteiger partial charge in [-0.05, 0) is 18.9 Å². The van der Waals surface area contributed by atoms with Gasteiger partial charge >= 0.3 is 5.69 Å². The fourth-order valence-corrected chi connectivity index (χ4v) is 2.95. The zero-order valence-corrected chi connectivity index (χ0v) is 11.3. The monoisotopic (exact) mass is 290 g/mol. The van der Waals surface area contributed by atoms with Crippen LogP contribution in [0.15, 0.2) is 33.9 Å². The molecule has 1 aromatic carbocycles. The fourth-order valence-electron chi connectivity index (χ4n) is 2.95. The summed E-state index contributed by atoms with van der Waals surface area (Å²) < 4.78 is 15.1. The molecule has 0 radical (unpaired) electrons. The van der Waals surface area contributed by atoms with Crippen molar-refractivity contribution >= 4 is 0 Å². The molecule has 1 aliphatic rings. The molecule has 110 valence electrons. The number of nitrogens with one attached hydrogen (secondary N) is 1. The first-order chi connectivity index (χ1) is 10.1. The third-order valence-electron chi connectivity index (χ3n) is 3.95. The van der Waals surface area contributed by atoms with E-state index in [0.717, 1.165) is 25.7 Å². The second kappa shape index (κ2) is 5.20. The van der Waals surface area contributed by atoms with Crippen LogP contribution in [-0.2, 0) is 0 Å². The van der Waals surface area contributed by atoms with Gasteiger partial charge in [-0.15, -0.1) is 0 Å². The van der Waals surface area contributed by atoms with Crippen molar-refractivity contribution in [1.82, 2.24) is 9.55 Å². The van der Waals surface area contributed by atoms with E-state index in [1.807, 2.05) is 0 Å². The Labute approximate surface area is 119 Å². The van der Waals surface area contributed by atoms with Crippen LogP contribution in [0.25, 0.3) is 11.1 Å². The van der Waals surface area contributed by atoms with Crippen molar-refractivity contribution in [2.24, 2.45) is 0 Å². The molecule has 0 atom stereocenters. The molecule has 1 aromatic heterocycles. The highest BCUT2D eigenvalue weighted by molar-refractivity contribution is 5.67. The van der Waals surface area contributed by atoms with Crippen molar-refractivity contribution < 1.29 is 9.50 Å². The number of halogens is 1. The Bertz CT molecular complexity index is 788. The third kappa shape index (κ3) is 2.26. The topological polar surface area (TPSA) is 75.1 Å². The quantitative estimate of drug-likeness (QED) is 0.890. The van der Waals surface area contributed by atoms with Crippen molar-refractivity contribution in [3.05, 3.63) is 50.9 Å². The van der Waals surface area contributed by atoms with Crippen LogP contribution in [0.4, 0.5) is 4.39 Å². The van der Waals surface area contributed by atoms with Crippen LogP contribution < -0.4 is 11.2 Å². The van der Waals surface area contributed by atoms with E-state index in [-0.39, 0.29) is 17.2 Å². The minimum atomic E-state index is -0.781. The third-order valence-corrected chi connectivity index (χ3v) is 3.95. The maximum absolute atomic E-state index is 13.9. The van der Waals surface area contributed by atoms with E-state index in [0.29, 0.717) is 0 Å². The number of rotatable bonds is 2. The zero-order chi connectivity index (χ0) is 15.0. The number of aromatic amines is 1. The molecule has 0 aliphatic heterocycles. The molecule has 0 spiro atoms. The van der Waals surface area contributed by atoms with Gasteiger partial charge in [0.15, 0.2) is 0 Å². The molecule has 21 heavy (non-hydrogen) atoms. The maximum atomic E-state index is 13.9. The van der Waals surface area contributed by atoms with Crippen LogP contribution in [0.2, 0.25) is 0 Å². The first-order valence-corrected chi connectivity index (χ1v) is 6.92. The summed E-state index contributed by atoms with van der Waals surface area (Å²) in [5.41, 5.74) is -1.64. The smallest absolute Gasteiger partial charge is 0.331 e. The zero-order valence-electron chi connectivity index (χ0n) is 11.3. The minimum Gasteiger partial charge on any atom is -0.494 e. The Hall–Kier alpha value is -2.37. The van der Waals surface area contributed by atoms with E-state index in [4.69, 9.17) is 0 Å². The first kappa shape index (κ1) is 13.6. The summed E-state index contributed by atoms with van der Waals surface area (Å²) in [6.45, 7) is 0. The molecule has 1 saturated carbocycles. The normalized spacial score (nSPS) is 15.5. The number of nitrogens with zero attached hydrogens (tertiary/aromatic N) is 1. The van der Waals surface area contributed by atoms with E-state index in [1.165, 1.54) is 22.8 Å². The molecular formula is C15H15FN2O3. The van der Waals surface area contributed by atoms with Gasteiger partial charge in [-0.25, -0.2) is 9.18 Å². The summed E-state index contributed by atoms with van der Waals surface area (Å²) in [5, 5.41) is 10.4. The van der Waals surface area contributed by atoms with Crippen LogP contribution in [0, 0.1) is 5.82 Å². The average Bonchev–Trinajstić information content (AvgIpc) is 2.94. The number of aromatic hydroxyl groups is 1. The highest BCUT2D eigenvalue weighted by Crippen LogP contribution is 2.34. The van der Waals surface area contributed by atoms with Crippen LogP contribution in [0.3, 0.4) is 0 Å². The van der Waals surface area contributed by atoms with E-state index < -0.39 is 22.9 Å². The lowest BCUT2D eigenvalue weighted by Gasteiger charge is -2.17. The second-order valence-corrected chi connectivity index (χ2v) is 5.25.